The highest BCUT2D eigenvalue weighted by molar-refractivity contribution is 7.91. The first kappa shape index (κ1) is 16.6. The molecule has 2 N–H and O–H groups in total. The van der Waals surface area contributed by atoms with E-state index in [1.165, 1.54) is 6.20 Å². The Labute approximate surface area is 150 Å². The summed E-state index contributed by atoms with van der Waals surface area (Å²) in [5.41, 5.74) is 1.47. The van der Waals surface area contributed by atoms with E-state index in [0.717, 1.165) is 0 Å². The Morgan fingerprint density at radius 3 is 2.77 bits per heavy atom. The van der Waals surface area contributed by atoms with Crippen molar-refractivity contribution in [3.8, 4) is 11.5 Å². The Balaban J connectivity index is 1.45. The van der Waals surface area contributed by atoms with Crippen LogP contribution in [-0.4, -0.2) is 43.6 Å². The normalized spacial score (nSPS) is 19.9. The fraction of sp³-hybridized carbons (Fsp3) is 0.294. The molecule has 26 heavy (non-hydrogen) atoms. The summed E-state index contributed by atoms with van der Waals surface area (Å²) in [4.78, 5) is 16.5. The monoisotopic (exact) mass is 375 g/mol. The van der Waals surface area contributed by atoms with Gasteiger partial charge in [0, 0.05) is 29.7 Å². The number of sulfone groups is 1. The number of ether oxygens (including phenoxy) is 2. The highest BCUT2D eigenvalue weighted by Crippen LogP contribution is 2.34. The zero-order chi connectivity index (χ0) is 18.1. The number of hydrogen-bond acceptors (Lipinski definition) is 7. The number of hydrogen-bond donors (Lipinski definition) is 2. The lowest BCUT2D eigenvalue weighted by Gasteiger charge is -2.13. The van der Waals surface area contributed by atoms with Gasteiger partial charge >= 0.3 is 0 Å². The lowest BCUT2D eigenvalue weighted by molar-refractivity contribution is 0.102. The maximum absolute atomic E-state index is 12.4. The van der Waals surface area contributed by atoms with E-state index in [9.17, 15) is 13.2 Å². The van der Waals surface area contributed by atoms with Crippen LogP contribution in [0.25, 0.3) is 0 Å². The molecule has 1 atom stereocenters. The second-order valence-electron chi connectivity index (χ2n) is 6.20. The Morgan fingerprint density at radius 2 is 1.96 bits per heavy atom. The fourth-order valence-corrected chi connectivity index (χ4v) is 4.63. The molecule has 1 saturated heterocycles. The molecule has 1 unspecified atom stereocenters. The van der Waals surface area contributed by atoms with Gasteiger partial charge in [-0.3, -0.25) is 9.78 Å². The number of nitrogens with one attached hydrogen (secondary N) is 2. The molecule has 9 heteroatoms. The third-order valence-electron chi connectivity index (χ3n) is 4.23. The number of carbonyl (C=O) groups is 1. The lowest BCUT2D eigenvalue weighted by atomic mass is 10.2. The van der Waals surface area contributed by atoms with Crippen molar-refractivity contribution in [1.82, 2.24) is 4.98 Å². The molecule has 1 aromatic heterocycles. The topological polar surface area (TPSA) is 107 Å². The van der Waals surface area contributed by atoms with Crippen LogP contribution in [0.2, 0.25) is 0 Å². The van der Waals surface area contributed by atoms with Crippen LogP contribution in [0.1, 0.15) is 16.9 Å². The first-order valence-corrected chi connectivity index (χ1v) is 9.95. The smallest absolute Gasteiger partial charge is 0.274 e. The maximum atomic E-state index is 12.4. The van der Waals surface area contributed by atoms with Gasteiger partial charge in [-0.15, -0.1) is 0 Å². The standard InChI is InChI=1S/C17H17N3O5S/c21-17(20-11-1-2-15-16(8-11)25-10-24-15)14-7-12(3-5-18-14)19-13-4-6-26(22,23)9-13/h1-3,5,7-8,13H,4,6,9-10H2,(H,18,19)(H,20,21). The summed E-state index contributed by atoms with van der Waals surface area (Å²) in [6, 6.07) is 8.30. The molecule has 0 aliphatic carbocycles. The molecular formula is C17H17N3O5S. The number of rotatable bonds is 4. The largest absolute Gasteiger partial charge is 0.454 e. The number of carbonyl (C=O) groups excluding carboxylic acids is 1. The average Bonchev–Trinajstić information content (AvgIpc) is 3.20. The predicted octanol–water partition coefficient (Wildman–Crippen LogP) is 1.66. The van der Waals surface area contributed by atoms with Crippen LogP contribution in [0.15, 0.2) is 36.5 Å². The zero-order valence-corrected chi connectivity index (χ0v) is 14.6. The van der Waals surface area contributed by atoms with Gasteiger partial charge < -0.3 is 20.1 Å². The molecule has 2 aliphatic rings. The van der Waals surface area contributed by atoms with E-state index in [0.29, 0.717) is 29.3 Å². The van der Waals surface area contributed by atoms with E-state index >= 15 is 0 Å². The molecule has 0 saturated carbocycles. The summed E-state index contributed by atoms with van der Waals surface area (Å²) >= 11 is 0. The minimum absolute atomic E-state index is 0.105. The van der Waals surface area contributed by atoms with Gasteiger partial charge in [-0.1, -0.05) is 0 Å². The van der Waals surface area contributed by atoms with Crippen LogP contribution in [0, 0.1) is 0 Å². The highest BCUT2D eigenvalue weighted by atomic mass is 32.2. The number of anilines is 2. The van der Waals surface area contributed by atoms with Crippen LogP contribution in [0.4, 0.5) is 11.4 Å². The third kappa shape index (κ3) is 3.57. The van der Waals surface area contributed by atoms with Gasteiger partial charge in [-0.2, -0.15) is 0 Å². The van der Waals surface area contributed by atoms with Crippen LogP contribution < -0.4 is 20.1 Å². The van der Waals surface area contributed by atoms with Crippen molar-refractivity contribution >= 4 is 27.1 Å². The van der Waals surface area contributed by atoms with Gasteiger partial charge in [0.1, 0.15) is 5.69 Å². The summed E-state index contributed by atoms with van der Waals surface area (Å²) in [6.07, 6.45) is 2.07. The molecule has 3 heterocycles. The van der Waals surface area contributed by atoms with Crippen molar-refractivity contribution in [3.05, 3.63) is 42.2 Å². The summed E-state index contributed by atoms with van der Waals surface area (Å²) in [7, 11) is -2.97. The molecule has 1 aromatic carbocycles. The summed E-state index contributed by atoms with van der Waals surface area (Å²) < 4.78 is 33.6. The lowest BCUT2D eigenvalue weighted by Crippen LogP contribution is -2.21. The second kappa shape index (κ2) is 6.49. The van der Waals surface area contributed by atoms with Crippen LogP contribution in [0.5, 0.6) is 11.5 Å². The summed E-state index contributed by atoms with van der Waals surface area (Å²) in [6.45, 7) is 0.166. The molecule has 0 spiro atoms. The predicted molar refractivity (Wildman–Crippen MR) is 95.4 cm³/mol. The van der Waals surface area contributed by atoms with Crippen molar-refractivity contribution in [2.45, 2.75) is 12.5 Å². The van der Waals surface area contributed by atoms with E-state index in [1.54, 1.807) is 30.3 Å². The molecular weight excluding hydrogens is 358 g/mol. The Morgan fingerprint density at radius 1 is 1.12 bits per heavy atom. The Hall–Kier alpha value is -2.81. The van der Waals surface area contributed by atoms with Crippen molar-refractivity contribution < 1.29 is 22.7 Å². The Kier molecular flexibility index (Phi) is 4.15. The molecule has 4 rings (SSSR count). The number of benzene rings is 1. The zero-order valence-electron chi connectivity index (χ0n) is 13.8. The van der Waals surface area contributed by atoms with Gasteiger partial charge in [0.05, 0.1) is 11.5 Å². The fourth-order valence-electron chi connectivity index (χ4n) is 2.96. The second-order valence-corrected chi connectivity index (χ2v) is 8.42. The minimum Gasteiger partial charge on any atom is -0.454 e. The van der Waals surface area contributed by atoms with E-state index < -0.39 is 9.84 Å². The Bertz CT molecular complexity index is 961. The molecule has 0 radical (unpaired) electrons. The highest BCUT2D eigenvalue weighted by Gasteiger charge is 2.27. The number of aromatic nitrogens is 1. The quantitative estimate of drug-likeness (QED) is 0.837. The van der Waals surface area contributed by atoms with E-state index in [2.05, 4.69) is 15.6 Å². The molecule has 0 bridgehead atoms. The summed E-state index contributed by atoms with van der Waals surface area (Å²) in [5.74, 6) is 1.14. The van der Waals surface area contributed by atoms with E-state index in [-0.39, 0.29) is 35.9 Å². The number of pyridine rings is 1. The first-order valence-electron chi connectivity index (χ1n) is 8.12. The van der Waals surface area contributed by atoms with Crippen LogP contribution in [-0.2, 0) is 9.84 Å². The van der Waals surface area contributed by atoms with Crippen LogP contribution in [0.3, 0.4) is 0 Å². The first-order chi connectivity index (χ1) is 12.5. The molecule has 8 nitrogen and oxygen atoms in total. The van der Waals surface area contributed by atoms with Crippen molar-refractivity contribution in [1.29, 1.82) is 0 Å². The molecule has 2 aromatic rings. The maximum Gasteiger partial charge on any atom is 0.274 e. The molecule has 1 fully saturated rings. The van der Waals surface area contributed by atoms with Gasteiger partial charge in [0.15, 0.2) is 21.3 Å². The van der Waals surface area contributed by atoms with Crippen LogP contribution >= 0.6 is 0 Å². The van der Waals surface area contributed by atoms with Gasteiger partial charge in [0.2, 0.25) is 6.79 Å². The van der Waals surface area contributed by atoms with Gasteiger partial charge in [-0.05, 0) is 30.7 Å². The van der Waals surface area contributed by atoms with Gasteiger partial charge in [0.25, 0.3) is 5.91 Å². The third-order valence-corrected chi connectivity index (χ3v) is 5.99. The van der Waals surface area contributed by atoms with Crippen molar-refractivity contribution in [2.75, 3.05) is 28.9 Å². The molecule has 2 aliphatic heterocycles. The number of amides is 1. The summed E-state index contributed by atoms with van der Waals surface area (Å²) in [5, 5.41) is 5.92. The number of fused-ring (bicyclic) bond motifs is 1. The minimum atomic E-state index is -2.97. The SMILES string of the molecule is O=C(Nc1ccc2c(c1)OCO2)c1cc(NC2CCS(=O)(=O)C2)ccn1. The average molecular weight is 375 g/mol. The van der Waals surface area contributed by atoms with E-state index in [1.807, 2.05) is 0 Å². The molecule has 136 valence electrons. The number of nitrogens with zero attached hydrogens (tertiary/aromatic N) is 1. The van der Waals surface area contributed by atoms with Crippen molar-refractivity contribution in [2.24, 2.45) is 0 Å². The van der Waals surface area contributed by atoms with Gasteiger partial charge in [-0.25, -0.2) is 8.42 Å². The van der Waals surface area contributed by atoms with E-state index in [4.69, 9.17) is 9.47 Å². The van der Waals surface area contributed by atoms with Crippen molar-refractivity contribution in [3.63, 3.8) is 0 Å². The molecule has 1 amide bonds.